The summed E-state index contributed by atoms with van der Waals surface area (Å²) in [5.74, 6) is -2.02. The molecule has 244 valence electrons. The summed E-state index contributed by atoms with van der Waals surface area (Å²) in [6.45, 7) is 13.4. The number of carboxylic acids is 2. The van der Waals surface area contributed by atoms with Gasteiger partial charge in [-0.2, -0.15) is 0 Å². The first-order chi connectivity index (χ1) is 20.5. The van der Waals surface area contributed by atoms with E-state index in [-0.39, 0.29) is 52.3 Å². The largest absolute Gasteiger partial charge is 0.480 e. The molecule has 44 heavy (non-hydrogen) atoms. The monoisotopic (exact) mass is 612 g/mol. The summed E-state index contributed by atoms with van der Waals surface area (Å²) in [5.41, 5.74) is -1.74. The normalized spacial score (nSPS) is 49.8. The highest BCUT2D eigenvalue weighted by Crippen LogP contribution is 2.75. The van der Waals surface area contributed by atoms with Crippen molar-refractivity contribution in [3.05, 3.63) is 11.6 Å². The van der Waals surface area contributed by atoms with E-state index in [2.05, 4.69) is 40.7 Å². The molecular formula is C36H52O8. The number of carbonyl (C=O) groups is 4. The Bertz CT molecular complexity index is 1290. The van der Waals surface area contributed by atoms with Crippen molar-refractivity contribution >= 4 is 24.0 Å². The molecule has 5 aliphatic carbocycles. The number of ketones is 1. The predicted octanol–water partition coefficient (Wildman–Crippen LogP) is 6.60. The minimum atomic E-state index is -1.32. The maximum absolute atomic E-state index is 14.2. The molecule has 0 bridgehead atoms. The predicted molar refractivity (Wildman–Crippen MR) is 162 cm³/mol. The molecule has 11 atom stereocenters. The van der Waals surface area contributed by atoms with Crippen LogP contribution in [0.25, 0.3) is 0 Å². The first-order valence-corrected chi connectivity index (χ1v) is 17.0. The van der Waals surface area contributed by atoms with Gasteiger partial charge in [0.15, 0.2) is 18.2 Å². The Morgan fingerprint density at radius 2 is 1.68 bits per heavy atom. The van der Waals surface area contributed by atoms with Crippen molar-refractivity contribution in [2.45, 2.75) is 137 Å². The summed E-state index contributed by atoms with van der Waals surface area (Å²) in [6.07, 6.45) is 9.49. The fraction of sp³-hybridized carbons (Fsp3) is 0.833. The minimum absolute atomic E-state index is 0.0267. The van der Waals surface area contributed by atoms with Gasteiger partial charge in [0.1, 0.15) is 11.7 Å². The topological polar surface area (TPSA) is 127 Å². The number of ether oxygens (including phenoxy) is 2. The molecule has 0 aromatic heterocycles. The molecule has 4 saturated carbocycles. The molecular weight excluding hydrogens is 560 g/mol. The first kappa shape index (κ1) is 31.9. The molecule has 5 fully saturated rings. The Hall–Kier alpha value is -2.06. The summed E-state index contributed by atoms with van der Waals surface area (Å²) in [6, 6.07) is 0. The highest BCUT2D eigenvalue weighted by molar-refractivity contribution is 6.05. The molecule has 8 nitrogen and oxygen atoms in total. The number of Topliss-reactive ketones (excluding diaryl/α,β-unsaturated/α-hetero) is 1. The first-order valence-electron chi connectivity index (χ1n) is 17.0. The molecule has 1 aliphatic heterocycles. The van der Waals surface area contributed by atoms with E-state index in [4.69, 9.17) is 9.47 Å². The van der Waals surface area contributed by atoms with Gasteiger partial charge in [0.05, 0.1) is 11.5 Å². The van der Waals surface area contributed by atoms with Gasteiger partial charge in [0.2, 0.25) is 0 Å². The Kier molecular flexibility index (Phi) is 7.41. The number of hydrogen-bond acceptors (Lipinski definition) is 6. The van der Waals surface area contributed by atoms with Crippen molar-refractivity contribution in [2.24, 2.45) is 50.2 Å². The van der Waals surface area contributed by atoms with Crippen LogP contribution < -0.4 is 0 Å². The lowest BCUT2D eigenvalue weighted by Crippen LogP contribution is -2.67. The molecule has 0 spiro atoms. The van der Waals surface area contributed by atoms with Crippen LogP contribution >= 0.6 is 0 Å². The van der Waals surface area contributed by atoms with Crippen LogP contribution in [0.4, 0.5) is 0 Å². The van der Waals surface area contributed by atoms with Crippen LogP contribution in [0.1, 0.15) is 119 Å². The lowest BCUT2D eigenvalue weighted by Gasteiger charge is -2.70. The van der Waals surface area contributed by atoms with E-state index in [0.717, 1.165) is 38.4 Å². The number of rotatable bonds is 5. The molecule has 1 heterocycles. The molecule has 0 aromatic rings. The zero-order valence-corrected chi connectivity index (χ0v) is 27.4. The molecule has 8 heteroatoms. The van der Waals surface area contributed by atoms with E-state index in [1.165, 1.54) is 5.57 Å². The second kappa shape index (κ2) is 10.2. The van der Waals surface area contributed by atoms with Gasteiger partial charge < -0.3 is 24.5 Å². The van der Waals surface area contributed by atoms with Gasteiger partial charge in [-0.05, 0) is 98.7 Å². The van der Waals surface area contributed by atoms with Crippen LogP contribution in [0, 0.1) is 50.2 Å². The molecule has 3 unspecified atom stereocenters. The Morgan fingerprint density at radius 3 is 2.34 bits per heavy atom. The molecule has 6 aliphatic rings. The van der Waals surface area contributed by atoms with E-state index in [1.54, 1.807) is 0 Å². The highest BCUT2D eigenvalue weighted by atomic mass is 16.7. The van der Waals surface area contributed by atoms with E-state index in [0.29, 0.717) is 38.5 Å². The lowest BCUT2D eigenvalue weighted by molar-refractivity contribution is -0.263. The number of fused-ring (bicyclic) bond motifs is 7. The number of aliphatic carboxylic acids is 2. The van der Waals surface area contributed by atoms with Crippen LogP contribution in [0.5, 0.6) is 0 Å². The van der Waals surface area contributed by atoms with E-state index < -0.39 is 40.6 Å². The third-order valence-corrected chi connectivity index (χ3v) is 14.6. The molecule has 2 N–H and O–H groups in total. The maximum Gasteiger partial charge on any atom is 0.332 e. The third-order valence-electron chi connectivity index (χ3n) is 14.6. The van der Waals surface area contributed by atoms with Crippen LogP contribution in [0.15, 0.2) is 11.6 Å². The van der Waals surface area contributed by atoms with Crippen LogP contribution in [0.2, 0.25) is 0 Å². The quantitative estimate of drug-likeness (QED) is 0.154. The zero-order valence-electron chi connectivity index (χ0n) is 27.4. The Balaban J connectivity index is 1.34. The molecule has 0 amide bonds. The number of aldehydes is 1. The van der Waals surface area contributed by atoms with Gasteiger partial charge >= 0.3 is 11.9 Å². The molecule has 0 aromatic carbocycles. The molecule has 0 radical (unpaired) electrons. The third kappa shape index (κ3) is 4.21. The van der Waals surface area contributed by atoms with Gasteiger partial charge in [-0.25, -0.2) is 4.79 Å². The Morgan fingerprint density at radius 1 is 0.955 bits per heavy atom. The maximum atomic E-state index is 14.2. The SMILES string of the molecule is CC1(C)CC[C@]2(C(=O)O)C(=O)C[C@]3(C)C(=CC[C@@H]4[C@@]5(C)CC[C@H](O[C@H]6CCCC(C(=O)O)O6)[C@@](C)(C=O)C5CC[C@]43C)C2C1. The number of carbonyl (C=O) groups excluding carboxylic acids is 2. The van der Waals surface area contributed by atoms with Crippen molar-refractivity contribution in [3.8, 4) is 0 Å². The average Bonchev–Trinajstić information content (AvgIpc) is 2.94. The summed E-state index contributed by atoms with van der Waals surface area (Å²) < 4.78 is 12.3. The number of allylic oxidation sites excluding steroid dienone is 2. The standard InChI is InChI=1S/C36H52O8/c1-31(2)16-17-36(30(41)42)22(18-31)21-10-11-25-32(3)14-13-27(44-28-9-7-8-23(43-28)29(39)40)33(4,20-37)24(32)12-15-34(25,5)35(21,6)19-26(36)38/h10,20,22-25,27-28H,7-9,11-19H2,1-6H3,(H,39,40)(H,41,42)/t22?,23?,24?,25-,27+,28+,32+,33+,34-,35-,36-/m1/s1. The smallest absolute Gasteiger partial charge is 0.332 e. The number of carboxylic acid groups (broad SMARTS) is 2. The van der Waals surface area contributed by atoms with E-state index in [9.17, 15) is 29.4 Å². The fourth-order valence-corrected chi connectivity index (χ4v) is 11.8. The van der Waals surface area contributed by atoms with Gasteiger partial charge in [-0.1, -0.05) is 53.2 Å². The lowest BCUT2D eigenvalue weighted by atomic mass is 9.33. The summed E-state index contributed by atoms with van der Waals surface area (Å²) in [4.78, 5) is 51.7. The number of hydrogen-bond donors (Lipinski definition) is 2. The fourth-order valence-electron chi connectivity index (χ4n) is 11.8. The molecule has 6 rings (SSSR count). The summed E-state index contributed by atoms with van der Waals surface area (Å²) >= 11 is 0. The van der Waals surface area contributed by atoms with E-state index in [1.807, 2.05) is 6.92 Å². The Labute approximate surface area is 261 Å². The molecule has 1 saturated heterocycles. The zero-order chi connectivity index (χ0) is 32.1. The van der Waals surface area contributed by atoms with Crippen molar-refractivity contribution < 1.29 is 38.9 Å². The van der Waals surface area contributed by atoms with Gasteiger partial charge in [0, 0.05) is 17.8 Å². The van der Waals surface area contributed by atoms with Crippen molar-refractivity contribution in [1.29, 1.82) is 0 Å². The summed E-state index contributed by atoms with van der Waals surface area (Å²) in [5, 5.41) is 20.1. The minimum Gasteiger partial charge on any atom is -0.480 e. The van der Waals surface area contributed by atoms with Crippen molar-refractivity contribution in [2.75, 3.05) is 0 Å². The van der Waals surface area contributed by atoms with Gasteiger partial charge in [-0.15, -0.1) is 0 Å². The summed E-state index contributed by atoms with van der Waals surface area (Å²) in [7, 11) is 0. The van der Waals surface area contributed by atoms with Gasteiger partial charge in [-0.3, -0.25) is 9.59 Å². The average molecular weight is 613 g/mol. The van der Waals surface area contributed by atoms with Crippen LogP contribution in [-0.4, -0.2) is 52.7 Å². The second-order valence-electron chi connectivity index (χ2n) is 17.1. The van der Waals surface area contributed by atoms with Crippen LogP contribution in [0.3, 0.4) is 0 Å². The highest BCUT2D eigenvalue weighted by Gasteiger charge is 2.72. The van der Waals surface area contributed by atoms with Crippen LogP contribution in [-0.2, 0) is 28.7 Å². The van der Waals surface area contributed by atoms with E-state index >= 15 is 0 Å². The van der Waals surface area contributed by atoms with Gasteiger partial charge in [0.25, 0.3) is 0 Å². The second-order valence-corrected chi connectivity index (χ2v) is 17.1. The van der Waals surface area contributed by atoms with Crippen molar-refractivity contribution in [3.63, 3.8) is 0 Å². The van der Waals surface area contributed by atoms with Crippen molar-refractivity contribution in [1.82, 2.24) is 0 Å².